The van der Waals surface area contributed by atoms with E-state index in [1.54, 1.807) is 0 Å². The minimum Gasteiger partial charge on any atom is -0.326 e. The summed E-state index contributed by atoms with van der Waals surface area (Å²) in [7, 11) is -1.34. The van der Waals surface area contributed by atoms with Gasteiger partial charge in [0, 0.05) is 0 Å². The zero-order valence-corrected chi connectivity index (χ0v) is 6.51. The van der Waals surface area contributed by atoms with Gasteiger partial charge in [0.15, 0.2) is 14.5 Å². The smallest absolute Gasteiger partial charge is 0.172 e. The zero-order valence-electron chi connectivity index (χ0n) is 5.51. The minimum absolute atomic E-state index is 0.720. The second-order valence-corrected chi connectivity index (χ2v) is 7.18. The quantitative estimate of drug-likeness (QED) is 0.312. The van der Waals surface area contributed by atoms with E-state index in [0.717, 1.165) is 6.29 Å². The molecule has 0 atom stereocenters. The summed E-state index contributed by atoms with van der Waals surface area (Å²) in [6, 6.07) is 0. The topological polar surface area (TPSA) is 29.4 Å². The molecule has 0 N–H and O–H groups in total. The van der Waals surface area contributed by atoms with Crippen molar-refractivity contribution in [3.8, 4) is 0 Å². The molecule has 0 fully saturated rings. The van der Waals surface area contributed by atoms with E-state index in [1.807, 2.05) is 0 Å². The molecule has 0 saturated heterocycles. The highest BCUT2D eigenvalue weighted by Gasteiger charge is 2.08. The van der Waals surface area contributed by atoms with Gasteiger partial charge in [-0.15, -0.1) is 0 Å². The summed E-state index contributed by atoms with van der Waals surface area (Å²) in [5.41, 5.74) is 0. The Labute approximate surface area is 50.7 Å². The predicted octanol–water partition coefficient (Wildman–Crippen LogP) is 1.09. The lowest BCUT2D eigenvalue weighted by molar-refractivity contribution is -0.102. The largest absolute Gasteiger partial charge is 0.326 e. The molecule has 3 heteroatoms. The third-order valence-corrected chi connectivity index (χ3v) is 1.45. The van der Waals surface area contributed by atoms with Crippen LogP contribution in [0.5, 0.6) is 0 Å². The lowest BCUT2D eigenvalue weighted by Gasteiger charge is -2.04. The van der Waals surface area contributed by atoms with Crippen molar-refractivity contribution in [1.82, 2.24) is 0 Å². The Morgan fingerprint density at radius 1 is 1.38 bits per heavy atom. The Kier molecular flexibility index (Phi) is 2.61. The monoisotopic (exact) mass is 129 g/mol. The molecule has 0 aliphatic heterocycles. The molecule has 0 aromatic carbocycles. The van der Waals surface area contributed by atoms with E-state index < -0.39 is 8.24 Å². The van der Waals surface area contributed by atoms with Crippen molar-refractivity contribution < 1.29 is 4.79 Å². The van der Waals surface area contributed by atoms with Crippen LogP contribution < -0.4 is 0 Å². The molecule has 0 aromatic rings. The molecule has 2 nitrogen and oxygen atoms in total. The van der Waals surface area contributed by atoms with Gasteiger partial charge >= 0.3 is 0 Å². The van der Waals surface area contributed by atoms with Gasteiger partial charge in [-0.05, 0) is 19.6 Å². The fourth-order valence-electron chi connectivity index (χ4n) is 0.254. The van der Waals surface area contributed by atoms with Crippen molar-refractivity contribution in [3.05, 3.63) is 0 Å². The molecule has 0 heterocycles. The van der Waals surface area contributed by atoms with Gasteiger partial charge in [0.2, 0.25) is 0 Å². The molecule has 0 rings (SSSR count). The fraction of sp³-hybridized carbons (Fsp3) is 0.600. The molecule has 0 bridgehead atoms. The Bertz CT molecular complexity index is 103. The molecule has 0 amide bonds. The molecule has 0 aliphatic carbocycles. The van der Waals surface area contributed by atoms with Crippen molar-refractivity contribution >= 4 is 20.7 Å². The van der Waals surface area contributed by atoms with E-state index in [1.165, 1.54) is 6.21 Å². The highest BCUT2D eigenvalue weighted by Crippen LogP contribution is 1.98. The Morgan fingerprint density at radius 2 is 1.88 bits per heavy atom. The summed E-state index contributed by atoms with van der Waals surface area (Å²) in [4.78, 5) is 9.72. The van der Waals surface area contributed by atoms with Gasteiger partial charge in [0.05, 0.1) is 6.21 Å². The van der Waals surface area contributed by atoms with Crippen LogP contribution in [-0.4, -0.2) is 20.7 Å². The minimum atomic E-state index is -1.34. The molecule has 0 saturated carbocycles. The van der Waals surface area contributed by atoms with Gasteiger partial charge < -0.3 is 4.66 Å². The second-order valence-electron chi connectivity index (χ2n) is 2.59. The second kappa shape index (κ2) is 2.77. The average molecular weight is 129 g/mol. The maximum atomic E-state index is 9.72. The van der Waals surface area contributed by atoms with Crippen LogP contribution >= 0.6 is 0 Å². The number of nitrogens with zero attached hydrogens (tertiary/aromatic N) is 1. The first-order valence-electron chi connectivity index (χ1n) is 2.55. The van der Waals surface area contributed by atoms with Crippen molar-refractivity contribution in [2.24, 2.45) is 4.66 Å². The first kappa shape index (κ1) is 7.56. The van der Waals surface area contributed by atoms with E-state index in [4.69, 9.17) is 0 Å². The maximum absolute atomic E-state index is 9.72. The number of carbonyl (C=O) groups is 1. The summed E-state index contributed by atoms with van der Waals surface area (Å²) < 4.78 is 4.02. The molecule has 0 radical (unpaired) electrons. The Morgan fingerprint density at radius 3 is 2.00 bits per heavy atom. The number of aldehydes is 1. The van der Waals surface area contributed by atoms with Gasteiger partial charge in [-0.3, -0.25) is 4.79 Å². The van der Waals surface area contributed by atoms with Crippen molar-refractivity contribution in [3.63, 3.8) is 0 Å². The molecule has 0 spiro atoms. The number of hydrogen-bond acceptors (Lipinski definition) is 2. The summed E-state index contributed by atoms with van der Waals surface area (Å²) >= 11 is 0. The van der Waals surface area contributed by atoms with Crippen LogP contribution in [0.15, 0.2) is 4.66 Å². The number of hydrogen-bond donors (Lipinski definition) is 0. The van der Waals surface area contributed by atoms with Crippen LogP contribution in [0, 0.1) is 0 Å². The van der Waals surface area contributed by atoms with Gasteiger partial charge in [0.1, 0.15) is 0 Å². The summed E-state index contributed by atoms with van der Waals surface area (Å²) in [6.07, 6.45) is 2.06. The SMILES string of the molecule is C[Si](C)(C)N=CC=O. The van der Waals surface area contributed by atoms with Crippen molar-refractivity contribution in [1.29, 1.82) is 0 Å². The van der Waals surface area contributed by atoms with Gasteiger partial charge in [-0.25, -0.2) is 0 Å². The first-order chi connectivity index (χ1) is 3.56. The Balaban J connectivity index is 3.69. The first-order valence-corrected chi connectivity index (χ1v) is 6.00. The van der Waals surface area contributed by atoms with Crippen LogP contribution in [-0.2, 0) is 4.79 Å². The van der Waals surface area contributed by atoms with Crippen LogP contribution in [0.2, 0.25) is 19.6 Å². The molecule has 46 valence electrons. The average Bonchev–Trinajstić information content (AvgIpc) is 1.59. The predicted molar refractivity (Wildman–Crippen MR) is 37.9 cm³/mol. The zero-order chi connectivity index (χ0) is 6.62. The molecular formula is C5H11NOSi. The third-order valence-electron chi connectivity index (χ3n) is 0.523. The molecular weight excluding hydrogens is 118 g/mol. The summed E-state index contributed by atoms with van der Waals surface area (Å²) in [5, 5.41) is 0. The molecule has 0 unspecified atom stereocenters. The van der Waals surface area contributed by atoms with Gasteiger partial charge in [-0.1, -0.05) is 0 Å². The van der Waals surface area contributed by atoms with E-state index in [9.17, 15) is 4.79 Å². The van der Waals surface area contributed by atoms with Crippen LogP contribution in [0.4, 0.5) is 0 Å². The van der Waals surface area contributed by atoms with E-state index >= 15 is 0 Å². The molecule has 8 heavy (non-hydrogen) atoms. The summed E-state index contributed by atoms with van der Waals surface area (Å²) in [6.45, 7) is 6.23. The number of carbonyl (C=O) groups excluding carboxylic acids is 1. The van der Waals surface area contributed by atoms with Gasteiger partial charge in [0.25, 0.3) is 0 Å². The number of rotatable bonds is 2. The molecule has 0 aliphatic rings. The van der Waals surface area contributed by atoms with Crippen LogP contribution in [0.25, 0.3) is 0 Å². The summed E-state index contributed by atoms with van der Waals surface area (Å²) in [5.74, 6) is 0. The lowest BCUT2D eigenvalue weighted by Crippen LogP contribution is -2.16. The normalized spacial score (nSPS) is 12.4. The molecule has 0 aromatic heterocycles. The van der Waals surface area contributed by atoms with Crippen molar-refractivity contribution in [2.45, 2.75) is 19.6 Å². The van der Waals surface area contributed by atoms with E-state index in [-0.39, 0.29) is 0 Å². The Hall–Kier alpha value is -0.443. The van der Waals surface area contributed by atoms with Crippen LogP contribution in [0.3, 0.4) is 0 Å². The van der Waals surface area contributed by atoms with Crippen molar-refractivity contribution in [2.75, 3.05) is 0 Å². The lowest BCUT2D eigenvalue weighted by atomic mass is 10.9. The van der Waals surface area contributed by atoms with E-state index in [0.29, 0.717) is 0 Å². The fourth-order valence-corrected chi connectivity index (χ4v) is 0.762. The maximum Gasteiger partial charge on any atom is 0.172 e. The van der Waals surface area contributed by atoms with Gasteiger partial charge in [-0.2, -0.15) is 0 Å². The van der Waals surface area contributed by atoms with Crippen LogP contribution in [0.1, 0.15) is 0 Å². The third kappa shape index (κ3) is 5.56. The highest BCUT2D eigenvalue weighted by atomic mass is 28.3. The highest BCUT2D eigenvalue weighted by molar-refractivity contribution is 6.75. The standard InChI is InChI=1S/C5H11NOSi/c1-8(2,3)6-4-5-7/h4-5H,1-3H3. The van der Waals surface area contributed by atoms with E-state index in [2.05, 4.69) is 24.3 Å².